The molecule has 2 atom stereocenters. The average Bonchev–Trinajstić information content (AvgIpc) is 2.83. The van der Waals surface area contributed by atoms with E-state index in [0.717, 1.165) is 25.9 Å². The Bertz CT molecular complexity index is 590. The van der Waals surface area contributed by atoms with Crippen molar-refractivity contribution in [2.24, 2.45) is 20.8 Å². The molecule has 1 aliphatic heterocycles. The third-order valence-electron chi connectivity index (χ3n) is 6.02. The van der Waals surface area contributed by atoms with Crippen LogP contribution >= 0.6 is 8.58 Å². The van der Waals surface area contributed by atoms with Gasteiger partial charge >= 0.3 is 1.43 Å². The number of rotatable bonds is 6. The second-order valence-corrected chi connectivity index (χ2v) is 8.28. The highest BCUT2D eigenvalue weighted by Crippen LogP contribution is 2.68. The van der Waals surface area contributed by atoms with E-state index < -0.39 is 0 Å². The zero-order valence-corrected chi connectivity index (χ0v) is 16.7. The molecule has 1 aliphatic carbocycles. The molecule has 128 valence electrons. The van der Waals surface area contributed by atoms with E-state index >= 15 is 0 Å². The number of aliphatic imine (C=N–C) groups is 2. The maximum absolute atomic E-state index is 5.02. The molecule has 1 fully saturated rings. The minimum Gasteiger partial charge on any atom is -0.439 e. The SMILES string of the molecule is C=C1C(C)=C(C)C2(C)C(=NCCCC)[P-]C(=NCCCC)C12C.[H+]. The topological polar surface area (TPSA) is 24.7 Å². The van der Waals surface area contributed by atoms with Gasteiger partial charge in [0.1, 0.15) is 0 Å². The molecule has 2 rings (SSSR count). The summed E-state index contributed by atoms with van der Waals surface area (Å²) in [4.78, 5) is 10.0. The Balaban J connectivity index is 0.00000288. The van der Waals surface area contributed by atoms with Crippen LogP contribution in [0, 0.1) is 10.8 Å². The van der Waals surface area contributed by atoms with Gasteiger partial charge in [0, 0.05) is 23.9 Å². The average molecular weight is 332 g/mol. The maximum atomic E-state index is 5.02. The minimum atomic E-state index is -0.0818. The summed E-state index contributed by atoms with van der Waals surface area (Å²) in [6.07, 6.45) is 4.71. The number of hydrogen-bond acceptors (Lipinski definition) is 2. The summed E-state index contributed by atoms with van der Waals surface area (Å²) in [5.41, 5.74) is 6.52. The van der Waals surface area contributed by atoms with E-state index in [2.05, 4.69) is 48.1 Å². The molecule has 0 aromatic carbocycles. The van der Waals surface area contributed by atoms with Crippen LogP contribution in [0.4, 0.5) is 0 Å². The summed E-state index contributed by atoms with van der Waals surface area (Å²) in [6.45, 7) is 20.0. The molecule has 0 saturated carbocycles. The minimum absolute atomic E-state index is 0. The Kier molecular flexibility index (Phi) is 5.67. The van der Waals surface area contributed by atoms with Crippen molar-refractivity contribution in [3.05, 3.63) is 23.3 Å². The van der Waals surface area contributed by atoms with Crippen molar-refractivity contribution in [2.75, 3.05) is 13.1 Å². The lowest BCUT2D eigenvalue weighted by molar-refractivity contribution is 0.375. The van der Waals surface area contributed by atoms with Crippen LogP contribution in [-0.4, -0.2) is 24.0 Å². The lowest BCUT2D eigenvalue weighted by atomic mass is 9.65. The standard InChI is InChI=1S/C20H32N2P/c1-8-10-12-21-17-19(6)15(4)14(3)16(5)20(19,7)18(23-17)22-13-11-9-2/h4,8-13H2,1-3,5-7H3/q-1/p+1. The summed E-state index contributed by atoms with van der Waals surface area (Å²) >= 11 is 0. The van der Waals surface area contributed by atoms with Crippen LogP contribution < -0.4 is 0 Å². The fourth-order valence-corrected chi connectivity index (χ4v) is 5.54. The molecule has 0 radical (unpaired) electrons. The molecule has 0 aromatic heterocycles. The molecule has 1 saturated heterocycles. The van der Waals surface area contributed by atoms with Gasteiger partial charge in [0.2, 0.25) is 0 Å². The molecule has 0 spiro atoms. The highest BCUT2D eigenvalue weighted by atomic mass is 31.1. The van der Waals surface area contributed by atoms with Gasteiger partial charge in [-0.15, -0.1) is 10.9 Å². The van der Waals surface area contributed by atoms with E-state index in [1.807, 2.05) is 0 Å². The van der Waals surface area contributed by atoms with Gasteiger partial charge in [-0.25, -0.2) is 0 Å². The van der Waals surface area contributed by atoms with E-state index in [0.29, 0.717) is 0 Å². The fraction of sp³-hybridized carbons (Fsp3) is 0.700. The van der Waals surface area contributed by atoms with Crippen LogP contribution in [-0.2, 0) is 0 Å². The first-order valence-electron chi connectivity index (χ1n) is 9.04. The highest BCUT2D eigenvalue weighted by Gasteiger charge is 2.56. The number of fused-ring (bicyclic) bond motifs is 1. The van der Waals surface area contributed by atoms with Crippen LogP contribution in [0.1, 0.15) is 68.7 Å². The van der Waals surface area contributed by atoms with E-state index in [9.17, 15) is 0 Å². The molecule has 2 nitrogen and oxygen atoms in total. The van der Waals surface area contributed by atoms with Gasteiger partial charge in [0.05, 0.1) is 0 Å². The quantitative estimate of drug-likeness (QED) is 0.398. The van der Waals surface area contributed by atoms with Crippen molar-refractivity contribution in [2.45, 2.75) is 67.2 Å². The lowest BCUT2D eigenvalue weighted by Gasteiger charge is -2.41. The molecule has 0 aromatic rings. The Morgan fingerprint density at radius 3 is 1.91 bits per heavy atom. The Morgan fingerprint density at radius 1 is 0.957 bits per heavy atom. The number of allylic oxidation sites excluding steroid dienone is 3. The first kappa shape index (κ1) is 18.6. The summed E-state index contributed by atoms with van der Waals surface area (Å²) in [5.74, 6) is 0. The molecule has 2 aliphatic rings. The van der Waals surface area contributed by atoms with Crippen LogP contribution in [0.2, 0.25) is 0 Å². The van der Waals surface area contributed by atoms with Crippen molar-refractivity contribution in [3.63, 3.8) is 0 Å². The molecule has 2 unspecified atom stereocenters. The van der Waals surface area contributed by atoms with Crippen LogP contribution in [0.5, 0.6) is 0 Å². The maximum Gasteiger partial charge on any atom is 1.00 e. The van der Waals surface area contributed by atoms with Gasteiger partial charge in [-0.1, -0.05) is 52.7 Å². The molecular formula is C20H33N2P. The smallest absolute Gasteiger partial charge is 0.439 e. The monoisotopic (exact) mass is 332 g/mol. The number of unbranched alkanes of at least 4 members (excludes halogenated alkanes) is 2. The second-order valence-electron chi connectivity index (χ2n) is 7.21. The summed E-state index contributed by atoms with van der Waals surface area (Å²) in [7, 11) is 1.23. The van der Waals surface area contributed by atoms with Crippen molar-refractivity contribution in [1.82, 2.24) is 0 Å². The number of hydrogen-bond donors (Lipinski definition) is 0. The molecule has 3 heteroatoms. The lowest BCUT2D eigenvalue weighted by Crippen LogP contribution is -2.38. The molecular weight excluding hydrogens is 299 g/mol. The zero-order chi connectivity index (χ0) is 17.3. The first-order chi connectivity index (χ1) is 10.9. The Morgan fingerprint density at radius 2 is 1.43 bits per heavy atom. The predicted octanol–water partition coefficient (Wildman–Crippen LogP) is 6.37. The molecule has 0 amide bonds. The van der Waals surface area contributed by atoms with E-state index in [4.69, 9.17) is 9.98 Å². The van der Waals surface area contributed by atoms with E-state index in [1.54, 1.807) is 0 Å². The van der Waals surface area contributed by atoms with E-state index in [1.165, 1.54) is 49.0 Å². The summed E-state index contributed by atoms with van der Waals surface area (Å²) in [6, 6.07) is 0. The molecule has 1 heterocycles. The van der Waals surface area contributed by atoms with Crippen molar-refractivity contribution >= 4 is 19.5 Å². The molecule has 0 bridgehead atoms. The first-order valence-corrected chi connectivity index (χ1v) is 9.94. The Labute approximate surface area is 145 Å². The van der Waals surface area contributed by atoms with Gasteiger partial charge in [-0.05, 0) is 37.8 Å². The van der Waals surface area contributed by atoms with Gasteiger partial charge in [-0.2, -0.15) is 0 Å². The van der Waals surface area contributed by atoms with Gasteiger partial charge in [0.25, 0.3) is 0 Å². The Hall–Kier alpha value is -0.750. The van der Waals surface area contributed by atoms with Crippen LogP contribution in [0.3, 0.4) is 0 Å². The van der Waals surface area contributed by atoms with Gasteiger partial charge < -0.3 is 18.6 Å². The zero-order valence-electron chi connectivity index (χ0n) is 16.8. The van der Waals surface area contributed by atoms with Crippen LogP contribution in [0.25, 0.3) is 0 Å². The normalized spacial score (nSPS) is 35.1. The van der Waals surface area contributed by atoms with Gasteiger partial charge in [0.15, 0.2) is 0 Å². The predicted molar refractivity (Wildman–Crippen MR) is 106 cm³/mol. The molecule has 23 heavy (non-hydrogen) atoms. The fourth-order valence-electron chi connectivity index (χ4n) is 3.80. The van der Waals surface area contributed by atoms with Crippen molar-refractivity contribution in [3.8, 4) is 0 Å². The van der Waals surface area contributed by atoms with Crippen LogP contribution in [0.15, 0.2) is 33.3 Å². The largest absolute Gasteiger partial charge is 1.00 e. The van der Waals surface area contributed by atoms with Crippen molar-refractivity contribution < 1.29 is 1.43 Å². The highest BCUT2D eigenvalue weighted by molar-refractivity contribution is 7.76. The van der Waals surface area contributed by atoms with E-state index in [-0.39, 0.29) is 12.3 Å². The summed E-state index contributed by atoms with van der Waals surface area (Å²) in [5, 5.41) is 0. The van der Waals surface area contributed by atoms with Crippen molar-refractivity contribution in [1.29, 1.82) is 0 Å². The third-order valence-corrected chi connectivity index (χ3v) is 7.62. The summed E-state index contributed by atoms with van der Waals surface area (Å²) < 4.78 is 0. The van der Waals surface area contributed by atoms with Gasteiger partial charge in [-0.3, -0.25) is 0 Å². The second kappa shape index (κ2) is 7.01. The number of nitrogens with zero attached hydrogens (tertiary/aromatic N) is 2. The third kappa shape index (κ3) is 2.68. The molecule has 0 N–H and O–H groups in total.